The van der Waals surface area contributed by atoms with Crippen molar-refractivity contribution in [3.05, 3.63) is 47.9 Å². The lowest BCUT2D eigenvalue weighted by molar-refractivity contribution is 0.353. The lowest BCUT2D eigenvalue weighted by Gasteiger charge is -2.27. The maximum Gasteiger partial charge on any atom is 0.191 e. The van der Waals surface area contributed by atoms with Gasteiger partial charge in [-0.25, -0.2) is 0 Å². The summed E-state index contributed by atoms with van der Waals surface area (Å²) in [6.07, 6.45) is 2.50. The lowest BCUT2D eigenvalue weighted by Crippen LogP contribution is -2.44. The summed E-state index contributed by atoms with van der Waals surface area (Å²) in [7, 11) is 5.06. The monoisotopic (exact) mass is 359 g/mol. The first-order valence-electron chi connectivity index (χ1n) is 8.69. The van der Waals surface area contributed by atoms with Gasteiger partial charge in [0.05, 0.1) is 20.5 Å². The van der Waals surface area contributed by atoms with Crippen molar-refractivity contribution in [3.8, 4) is 11.5 Å². The largest absolute Gasteiger partial charge is 0.493 e. The SMILES string of the molecule is CN=C(NCCc1ccco1)NCC(C)(C)c1ccc(OC)c(OC)c1. The first kappa shape index (κ1) is 19.7. The highest BCUT2D eigenvalue weighted by atomic mass is 16.5. The number of guanidine groups is 1. The number of hydrogen-bond acceptors (Lipinski definition) is 4. The Labute approximate surface area is 155 Å². The maximum atomic E-state index is 5.42. The minimum Gasteiger partial charge on any atom is -0.493 e. The van der Waals surface area contributed by atoms with Gasteiger partial charge < -0.3 is 24.5 Å². The van der Waals surface area contributed by atoms with Crippen molar-refractivity contribution >= 4 is 5.96 Å². The third-order valence-corrected chi connectivity index (χ3v) is 4.33. The van der Waals surface area contributed by atoms with E-state index in [1.54, 1.807) is 27.5 Å². The Morgan fingerprint density at radius 2 is 1.88 bits per heavy atom. The summed E-state index contributed by atoms with van der Waals surface area (Å²) in [5.74, 6) is 3.19. The van der Waals surface area contributed by atoms with Gasteiger partial charge in [-0.3, -0.25) is 4.99 Å². The predicted molar refractivity (Wildman–Crippen MR) is 104 cm³/mol. The van der Waals surface area contributed by atoms with Crippen LogP contribution in [-0.2, 0) is 11.8 Å². The molecule has 2 N–H and O–H groups in total. The van der Waals surface area contributed by atoms with Crippen molar-refractivity contribution in [3.63, 3.8) is 0 Å². The molecule has 0 spiro atoms. The number of methoxy groups -OCH3 is 2. The van der Waals surface area contributed by atoms with Crippen LogP contribution in [0.1, 0.15) is 25.2 Å². The Bertz CT molecular complexity index is 709. The molecule has 0 saturated heterocycles. The number of ether oxygens (including phenoxy) is 2. The molecule has 6 nitrogen and oxygen atoms in total. The van der Waals surface area contributed by atoms with Gasteiger partial charge in [0.1, 0.15) is 5.76 Å². The van der Waals surface area contributed by atoms with Gasteiger partial charge in [-0.05, 0) is 29.8 Å². The van der Waals surface area contributed by atoms with Crippen molar-refractivity contribution in [1.29, 1.82) is 0 Å². The summed E-state index contributed by atoms with van der Waals surface area (Å²) < 4.78 is 16.1. The fourth-order valence-electron chi connectivity index (χ4n) is 2.64. The number of nitrogens with zero attached hydrogens (tertiary/aromatic N) is 1. The van der Waals surface area contributed by atoms with Gasteiger partial charge in [0.25, 0.3) is 0 Å². The zero-order chi connectivity index (χ0) is 19.0. The van der Waals surface area contributed by atoms with Crippen LogP contribution in [0.15, 0.2) is 46.0 Å². The van der Waals surface area contributed by atoms with E-state index in [0.717, 1.165) is 48.3 Å². The van der Waals surface area contributed by atoms with Crippen LogP contribution in [0.3, 0.4) is 0 Å². The van der Waals surface area contributed by atoms with E-state index in [-0.39, 0.29) is 5.41 Å². The second kappa shape index (κ2) is 9.17. The van der Waals surface area contributed by atoms with E-state index in [0.29, 0.717) is 0 Å². The zero-order valence-corrected chi connectivity index (χ0v) is 16.3. The minimum absolute atomic E-state index is 0.113. The van der Waals surface area contributed by atoms with Crippen LogP contribution in [0.4, 0.5) is 0 Å². The van der Waals surface area contributed by atoms with Crippen LogP contribution in [0, 0.1) is 0 Å². The molecular weight excluding hydrogens is 330 g/mol. The lowest BCUT2D eigenvalue weighted by atomic mass is 9.84. The van der Waals surface area contributed by atoms with Crippen molar-refractivity contribution in [2.24, 2.45) is 4.99 Å². The summed E-state index contributed by atoms with van der Waals surface area (Å²) in [6.45, 7) is 5.83. The van der Waals surface area contributed by atoms with Gasteiger partial charge in [0, 0.05) is 32.0 Å². The fraction of sp³-hybridized carbons (Fsp3) is 0.450. The van der Waals surface area contributed by atoms with Gasteiger partial charge in [0.2, 0.25) is 0 Å². The molecule has 0 aliphatic heterocycles. The van der Waals surface area contributed by atoms with E-state index >= 15 is 0 Å². The summed E-state index contributed by atoms with van der Waals surface area (Å²) in [5, 5.41) is 6.70. The summed E-state index contributed by atoms with van der Waals surface area (Å²) in [6, 6.07) is 9.89. The van der Waals surface area contributed by atoms with Crippen molar-refractivity contribution in [1.82, 2.24) is 10.6 Å². The number of rotatable bonds is 8. The molecule has 1 aromatic heterocycles. The Morgan fingerprint density at radius 1 is 1.12 bits per heavy atom. The van der Waals surface area contributed by atoms with Crippen LogP contribution >= 0.6 is 0 Å². The highest BCUT2D eigenvalue weighted by Crippen LogP contribution is 2.32. The van der Waals surface area contributed by atoms with Gasteiger partial charge in [-0.1, -0.05) is 19.9 Å². The molecule has 0 saturated carbocycles. The molecule has 2 aromatic rings. The third-order valence-electron chi connectivity index (χ3n) is 4.33. The summed E-state index contributed by atoms with van der Waals surface area (Å²) >= 11 is 0. The smallest absolute Gasteiger partial charge is 0.191 e. The number of nitrogens with one attached hydrogen (secondary N) is 2. The first-order valence-corrected chi connectivity index (χ1v) is 8.69. The molecule has 0 unspecified atom stereocenters. The van der Waals surface area contributed by atoms with Gasteiger partial charge in [-0.15, -0.1) is 0 Å². The third kappa shape index (κ3) is 5.18. The average Bonchev–Trinajstić information content (AvgIpc) is 3.17. The van der Waals surface area contributed by atoms with Crippen LogP contribution < -0.4 is 20.1 Å². The molecule has 0 aliphatic rings. The zero-order valence-electron chi connectivity index (χ0n) is 16.3. The normalized spacial score (nSPS) is 12.0. The predicted octanol–water partition coefficient (Wildman–Crippen LogP) is 2.98. The molecular formula is C20H29N3O3. The van der Waals surface area contributed by atoms with Crippen LogP contribution in [0.25, 0.3) is 0 Å². The number of furan rings is 1. The standard InChI is InChI=1S/C20H29N3O3/c1-20(2,15-8-9-17(24-4)18(13-15)25-5)14-23-19(21-3)22-11-10-16-7-6-12-26-16/h6-9,12-13H,10-11,14H2,1-5H3,(H2,21,22,23). The van der Waals surface area contributed by atoms with Crippen LogP contribution in [0.5, 0.6) is 11.5 Å². The maximum absolute atomic E-state index is 5.42. The molecule has 26 heavy (non-hydrogen) atoms. The van der Waals surface area contributed by atoms with Gasteiger partial charge in [0.15, 0.2) is 17.5 Å². The summed E-state index contributed by atoms with van der Waals surface area (Å²) in [4.78, 5) is 4.28. The van der Waals surface area contributed by atoms with E-state index in [9.17, 15) is 0 Å². The summed E-state index contributed by atoms with van der Waals surface area (Å²) in [5.41, 5.74) is 1.05. The molecule has 0 fully saturated rings. The molecule has 0 amide bonds. The molecule has 0 bridgehead atoms. The molecule has 142 valence electrons. The van der Waals surface area contributed by atoms with Crippen LogP contribution in [0.2, 0.25) is 0 Å². The molecule has 2 rings (SSSR count). The van der Waals surface area contributed by atoms with Crippen molar-refractivity contribution in [2.45, 2.75) is 25.7 Å². The second-order valence-electron chi connectivity index (χ2n) is 6.64. The molecule has 0 radical (unpaired) electrons. The van der Waals surface area contributed by atoms with E-state index in [2.05, 4.69) is 35.5 Å². The van der Waals surface area contributed by atoms with E-state index < -0.39 is 0 Å². The highest BCUT2D eigenvalue weighted by molar-refractivity contribution is 5.79. The topological polar surface area (TPSA) is 68.0 Å². The Morgan fingerprint density at radius 3 is 2.50 bits per heavy atom. The van der Waals surface area contributed by atoms with Gasteiger partial charge >= 0.3 is 0 Å². The second-order valence-corrected chi connectivity index (χ2v) is 6.64. The number of aliphatic imine (C=N–C) groups is 1. The number of benzene rings is 1. The highest BCUT2D eigenvalue weighted by Gasteiger charge is 2.22. The molecule has 0 atom stereocenters. The van der Waals surface area contributed by atoms with E-state index in [4.69, 9.17) is 13.9 Å². The minimum atomic E-state index is -0.113. The Kier molecular flexibility index (Phi) is 6.95. The molecule has 6 heteroatoms. The average molecular weight is 359 g/mol. The quantitative estimate of drug-likeness (QED) is 0.560. The first-order chi connectivity index (χ1) is 12.5. The molecule has 0 aliphatic carbocycles. The fourth-order valence-corrected chi connectivity index (χ4v) is 2.64. The van der Waals surface area contributed by atoms with Crippen molar-refractivity contribution in [2.75, 3.05) is 34.4 Å². The molecule has 1 heterocycles. The number of hydrogen-bond donors (Lipinski definition) is 2. The van der Waals surface area contributed by atoms with Crippen molar-refractivity contribution < 1.29 is 13.9 Å². The Hall–Kier alpha value is -2.63. The molecule has 1 aromatic carbocycles. The Balaban J connectivity index is 1.92. The van der Waals surface area contributed by atoms with E-state index in [1.807, 2.05) is 24.3 Å². The van der Waals surface area contributed by atoms with E-state index in [1.165, 1.54) is 0 Å². The van der Waals surface area contributed by atoms with Gasteiger partial charge in [-0.2, -0.15) is 0 Å². The van der Waals surface area contributed by atoms with Crippen LogP contribution in [-0.4, -0.2) is 40.3 Å².